The molecule has 1 N–H and O–H groups in total. The fourth-order valence-electron chi connectivity index (χ4n) is 3.43. The summed E-state index contributed by atoms with van der Waals surface area (Å²) in [5.41, 5.74) is 1.00. The Morgan fingerprint density at radius 2 is 1.96 bits per heavy atom. The molecule has 2 aromatic heterocycles. The molecule has 0 radical (unpaired) electrons. The van der Waals surface area contributed by atoms with Gasteiger partial charge in [-0.3, -0.25) is 0 Å². The molecule has 4 rings (SSSR count). The van der Waals surface area contributed by atoms with Crippen LogP contribution in [0.3, 0.4) is 0 Å². The van der Waals surface area contributed by atoms with Gasteiger partial charge in [0.1, 0.15) is 11.6 Å². The molecule has 0 saturated carbocycles. The van der Waals surface area contributed by atoms with Crippen LogP contribution < -0.4 is 15.1 Å². The van der Waals surface area contributed by atoms with Crippen LogP contribution in [-0.4, -0.2) is 71.6 Å². The third-order valence-corrected chi connectivity index (χ3v) is 5.37. The smallest absolute Gasteiger partial charge is 0.224 e. The number of aromatic nitrogens is 4. The van der Waals surface area contributed by atoms with Crippen LogP contribution in [0, 0.1) is 6.92 Å². The molecule has 0 aromatic carbocycles. The highest BCUT2D eigenvalue weighted by atomic mass is 32.2. The Hall–Kier alpha value is -2.13. The van der Waals surface area contributed by atoms with Crippen molar-refractivity contribution in [3.8, 4) is 0 Å². The summed E-state index contributed by atoms with van der Waals surface area (Å²) in [6, 6.07) is 4.32. The first-order valence-electron chi connectivity index (χ1n) is 9.28. The third-order valence-electron chi connectivity index (χ3n) is 4.82. The summed E-state index contributed by atoms with van der Waals surface area (Å²) >= 11 is 1.58. The quantitative estimate of drug-likeness (QED) is 0.610. The normalized spacial score (nSPS) is 20.1. The highest BCUT2D eigenvalue weighted by molar-refractivity contribution is 7.98. The first-order valence-corrected chi connectivity index (χ1v) is 10.5. The van der Waals surface area contributed by atoms with E-state index in [1.165, 1.54) is 0 Å². The Bertz CT molecular complexity index is 784. The van der Waals surface area contributed by atoms with Crippen LogP contribution in [-0.2, 0) is 4.74 Å². The monoisotopic (exact) mass is 387 g/mol. The maximum Gasteiger partial charge on any atom is 0.224 e. The molecule has 0 amide bonds. The second kappa shape index (κ2) is 8.26. The molecule has 0 spiro atoms. The van der Waals surface area contributed by atoms with Gasteiger partial charge < -0.3 is 19.9 Å². The van der Waals surface area contributed by atoms with Crippen molar-refractivity contribution in [2.45, 2.75) is 24.5 Å². The number of nitrogens with one attached hydrogen (secondary N) is 1. The van der Waals surface area contributed by atoms with Crippen LogP contribution in [0.2, 0.25) is 0 Å². The molecule has 2 aliphatic rings. The lowest BCUT2D eigenvalue weighted by Gasteiger charge is -2.28. The van der Waals surface area contributed by atoms with Crippen LogP contribution in [0.4, 0.5) is 17.6 Å². The van der Waals surface area contributed by atoms with Crippen molar-refractivity contribution in [2.75, 3.05) is 60.8 Å². The zero-order valence-corrected chi connectivity index (χ0v) is 16.6. The molecule has 0 aliphatic carbocycles. The average Bonchev–Trinajstić information content (AvgIpc) is 3.17. The average molecular weight is 388 g/mol. The first-order chi connectivity index (χ1) is 13.2. The van der Waals surface area contributed by atoms with E-state index in [4.69, 9.17) is 9.72 Å². The van der Waals surface area contributed by atoms with Crippen LogP contribution in [0.5, 0.6) is 0 Å². The summed E-state index contributed by atoms with van der Waals surface area (Å²) in [5.74, 6) is 2.65. The summed E-state index contributed by atoms with van der Waals surface area (Å²) in [4.78, 5) is 22.7. The lowest BCUT2D eigenvalue weighted by atomic mass is 10.3. The summed E-state index contributed by atoms with van der Waals surface area (Å²) in [6.45, 7) is 7.11. The number of nitrogens with zero attached hydrogens (tertiary/aromatic N) is 6. The van der Waals surface area contributed by atoms with Crippen molar-refractivity contribution < 1.29 is 4.74 Å². The Balaban J connectivity index is 1.40. The number of anilines is 3. The van der Waals surface area contributed by atoms with E-state index in [0.717, 1.165) is 68.3 Å². The number of hydrogen-bond donors (Lipinski definition) is 1. The maximum absolute atomic E-state index is 5.42. The van der Waals surface area contributed by atoms with Gasteiger partial charge in [-0.1, -0.05) is 11.8 Å². The van der Waals surface area contributed by atoms with Gasteiger partial charge in [-0.15, -0.1) is 0 Å². The molecule has 2 aliphatic heterocycles. The predicted octanol–water partition coefficient (Wildman–Crippen LogP) is 1.82. The van der Waals surface area contributed by atoms with Crippen molar-refractivity contribution in [1.29, 1.82) is 0 Å². The zero-order chi connectivity index (χ0) is 18.6. The zero-order valence-electron chi connectivity index (χ0n) is 15.8. The molecule has 1 unspecified atom stereocenters. The van der Waals surface area contributed by atoms with Gasteiger partial charge >= 0.3 is 0 Å². The van der Waals surface area contributed by atoms with E-state index in [1.54, 1.807) is 11.8 Å². The predicted molar refractivity (Wildman–Crippen MR) is 108 cm³/mol. The van der Waals surface area contributed by atoms with E-state index in [9.17, 15) is 0 Å². The molecule has 8 nitrogen and oxygen atoms in total. The number of morpholine rings is 1. The first kappa shape index (κ1) is 18.2. The number of ether oxygens (including phenoxy) is 1. The van der Waals surface area contributed by atoms with Crippen molar-refractivity contribution in [3.63, 3.8) is 0 Å². The number of hydrogen-bond acceptors (Lipinski definition) is 9. The minimum absolute atomic E-state index is 0.304. The second-order valence-corrected chi connectivity index (χ2v) is 7.54. The van der Waals surface area contributed by atoms with E-state index in [0.29, 0.717) is 12.0 Å². The largest absolute Gasteiger partial charge is 0.378 e. The van der Waals surface area contributed by atoms with Gasteiger partial charge in [0.2, 0.25) is 5.95 Å². The Morgan fingerprint density at radius 1 is 1.11 bits per heavy atom. The molecule has 0 bridgehead atoms. The van der Waals surface area contributed by atoms with E-state index >= 15 is 0 Å². The Labute approximate surface area is 163 Å². The summed E-state index contributed by atoms with van der Waals surface area (Å²) in [6.07, 6.45) is 4.86. The molecular weight excluding hydrogens is 362 g/mol. The van der Waals surface area contributed by atoms with Gasteiger partial charge in [-0.2, -0.15) is 4.98 Å². The van der Waals surface area contributed by atoms with E-state index in [1.807, 2.05) is 25.4 Å². The Morgan fingerprint density at radius 3 is 2.78 bits per heavy atom. The van der Waals surface area contributed by atoms with Gasteiger partial charge in [0, 0.05) is 50.2 Å². The second-order valence-electron chi connectivity index (χ2n) is 6.77. The van der Waals surface area contributed by atoms with Gasteiger partial charge in [0.05, 0.1) is 13.2 Å². The van der Waals surface area contributed by atoms with Crippen LogP contribution in [0.1, 0.15) is 12.1 Å². The number of thioether (sulfide) groups is 1. The van der Waals surface area contributed by atoms with Gasteiger partial charge in [0.25, 0.3) is 0 Å². The SMILES string of the molecule is CSc1nc(C)cc(N2CCC(Nc3nccc(N4CCOCC4)n3)C2)n1. The summed E-state index contributed by atoms with van der Waals surface area (Å²) in [7, 11) is 0. The van der Waals surface area contributed by atoms with Gasteiger partial charge in [-0.05, 0) is 25.7 Å². The molecular formula is C18H25N7OS. The van der Waals surface area contributed by atoms with Crippen molar-refractivity contribution >= 4 is 29.3 Å². The highest BCUT2D eigenvalue weighted by Gasteiger charge is 2.25. The molecule has 4 heterocycles. The van der Waals surface area contributed by atoms with Gasteiger partial charge in [0.15, 0.2) is 5.16 Å². The lowest BCUT2D eigenvalue weighted by molar-refractivity contribution is 0.122. The molecule has 144 valence electrons. The summed E-state index contributed by atoms with van der Waals surface area (Å²) in [5, 5.41) is 4.32. The summed E-state index contributed by atoms with van der Waals surface area (Å²) < 4.78 is 5.42. The fourth-order valence-corrected chi connectivity index (χ4v) is 3.85. The molecule has 2 fully saturated rings. The number of aryl methyl sites for hydroxylation is 1. The maximum atomic E-state index is 5.42. The van der Waals surface area contributed by atoms with Crippen molar-refractivity contribution in [2.24, 2.45) is 0 Å². The minimum atomic E-state index is 0.304. The van der Waals surface area contributed by atoms with Crippen molar-refractivity contribution in [1.82, 2.24) is 19.9 Å². The molecule has 9 heteroatoms. The molecule has 2 aromatic rings. The fraction of sp³-hybridized carbons (Fsp3) is 0.556. The Kier molecular flexibility index (Phi) is 5.58. The van der Waals surface area contributed by atoms with Crippen LogP contribution in [0.15, 0.2) is 23.5 Å². The lowest BCUT2D eigenvalue weighted by Crippen LogP contribution is -2.37. The van der Waals surface area contributed by atoms with Gasteiger partial charge in [-0.25, -0.2) is 15.0 Å². The van der Waals surface area contributed by atoms with Crippen LogP contribution in [0.25, 0.3) is 0 Å². The topological polar surface area (TPSA) is 79.3 Å². The van der Waals surface area contributed by atoms with E-state index in [-0.39, 0.29) is 0 Å². The molecule has 2 saturated heterocycles. The van der Waals surface area contributed by atoms with Crippen LogP contribution >= 0.6 is 11.8 Å². The van der Waals surface area contributed by atoms with E-state index in [2.05, 4.69) is 36.1 Å². The third kappa shape index (κ3) is 4.41. The van der Waals surface area contributed by atoms with E-state index < -0.39 is 0 Å². The highest BCUT2D eigenvalue weighted by Crippen LogP contribution is 2.23. The minimum Gasteiger partial charge on any atom is -0.378 e. The van der Waals surface area contributed by atoms with Crippen molar-refractivity contribution in [3.05, 3.63) is 24.0 Å². The molecule has 27 heavy (non-hydrogen) atoms. The molecule has 1 atom stereocenters. The standard InChI is InChI=1S/C18H25N7OS/c1-13-11-16(23-18(20-13)27-2)25-6-4-14(12-25)21-17-19-5-3-15(22-17)24-7-9-26-10-8-24/h3,5,11,14H,4,6-10,12H2,1-2H3,(H,19,21,22). The number of rotatable bonds is 5.